The lowest BCUT2D eigenvalue weighted by Gasteiger charge is -2.34. The second-order valence-corrected chi connectivity index (χ2v) is 9.11. The molecule has 0 spiro atoms. The van der Waals surface area contributed by atoms with Crippen LogP contribution in [0.2, 0.25) is 0 Å². The summed E-state index contributed by atoms with van der Waals surface area (Å²) in [7, 11) is 1.56. The summed E-state index contributed by atoms with van der Waals surface area (Å²) in [5.74, 6) is 1.79. The van der Waals surface area contributed by atoms with Crippen LogP contribution in [0.3, 0.4) is 0 Å². The van der Waals surface area contributed by atoms with Crippen molar-refractivity contribution in [3.05, 3.63) is 66.0 Å². The predicted molar refractivity (Wildman–Crippen MR) is 126 cm³/mol. The van der Waals surface area contributed by atoms with Crippen LogP contribution in [0.1, 0.15) is 30.1 Å². The molecule has 2 aromatic carbocycles. The Morgan fingerprint density at radius 2 is 1.85 bits per heavy atom. The van der Waals surface area contributed by atoms with Crippen molar-refractivity contribution in [2.75, 3.05) is 24.2 Å². The number of para-hydroxylation sites is 2. The Morgan fingerprint density at radius 1 is 1.09 bits per heavy atom. The number of rotatable bonds is 7. The number of thioether (sulfide) groups is 1. The Hall–Kier alpha value is -3.33. The first-order valence-corrected chi connectivity index (χ1v) is 12.0. The second-order valence-electron chi connectivity index (χ2n) is 8.17. The number of fused-ring (bicyclic) bond motifs is 1. The fourth-order valence-corrected chi connectivity index (χ4v) is 4.76. The highest BCUT2D eigenvalue weighted by molar-refractivity contribution is 7.99. The van der Waals surface area contributed by atoms with E-state index in [4.69, 9.17) is 4.74 Å². The number of carbonyl (C=O) groups is 2. The van der Waals surface area contributed by atoms with Gasteiger partial charge in [0, 0.05) is 13.0 Å². The summed E-state index contributed by atoms with van der Waals surface area (Å²) in [6, 6.07) is 17.5. The largest absolute Gasteiger partial charge is 0.477 e. The molecule has 2 amide bonds. The van der Waals surface area contributed by atoms with Gasteiger partial charge in [-0.2, -0.15) is 0 Å². The first-order chi connectivity index (χ1) is 16.1. The Bertz CT molecular complexity index is 1160. The van der Waals surface area contributed by atoms with Crippen LogP contribution in [0, 0.1) is 0 Å². The van der Waals surface area contributed by atoms with E-state index in [-0.39, 0.29) is 24.1 Å². The van der Waals surface area contributed by atoms with Gasteiger partial charge in [-0.15, -0.1) is 10.2 Å². The minimum absolute atomic E-state index is 0.105. The summed E-state index contributed by atoms with van der Waals surface area (Å²) >= 11 is 1.38. The summed E-state index contributed by atoms with van der Waals surface area (Å²) in [5.41, 5.74) is 1.84. The molecule has 3 aromatic rings. The van der Waals surface area contributed by atoms with Gasteiger partial charge in [-0.1, -0.05) is 54.2 Å². The van der Waals surface area contributed by atoms with E-state index >= 15 is 0 Å². The van der Waals surface area contributed by atoms with E-state index in [1.807, 2.05) is 36.4 Å². The van der Waals surface area contributed by atoms with Gasteiger partial charge >= 0.3 is 0 Å². The van der Waals surface area contributed by atoms with Gasteiger partial charge in [-0.05, 0) is 30.5 Å². The number of hydrogen-bond acceptors (Lipinski definition) is 6. The van der Waals surface area contributed by atoms with Crippen LogP contribution < -0.4 is 15.0 Å². The number of anilines is 1. The van der Waals surface area contributed by atoms with Crippen molar-refractivity contribution >= 4 is 29.3 Å². The summed E-state index contributed by atoms with van der Waals surface area (Å²) in [6.45, 7) is 0.843. The van der Waals surface area contributed by atoms with Crippen LogP contribution in [0.4, 0.5) is 5.69 Å². The molecule has 1 saturated carbocycles. The highest BCUT2D eigenvalue weighted by Crippen LogP contribution is 2.40. The minimum atomic E-state index is -0.748. The number of amides is 2. The molecule has 170 valence electrons. The number of aromatic nitrogens is 3. The van der Waals surface area contributed by atoms with E-state index in [2.05, 4.69) is 32.2 Å². The molecule has 0 unspecified atom stereocenters. The van der Waals surface area contributed by atoms with Crippen LogP contribution in [0.25, 0.3) is 0 Å². The zero-order valence-electron chi connectivity index (χ0n) is 18.3. The Balaban J connectivity index is 1.34. The van der Waals surface area contributed by atoms with Gasteiger partial charge in [0.1, 0.15) is 11.6 Å². The second kappa shape index (κ2) is 9.27. The number of nitrogens with one attached hydrogen (secondary N) is 1. The van der Waals surface area contributed by atoms with Gasteiger partial charge in [-0.3, -0.25) is 9.59 Å². The molecule has 0 radical (unpaired) electrons. The first-order valence-electron chi connectivity index (χ1n) is 11.0. The maximum atomic E-state index is 13.3. The predicted octanol–water partition coefficient (Wildman–Crippen LogP) is 2.84. The quantitative estimate of drug-likeness (QED) is 0.542. The maximum absolute atomic E-state index is 13.3. The molecule has 1 aliphatic heterocycles. The zero-order valence-corrected chi connectivity index (χ0v) is 19.1. The van der Waals surface area contributed by atoms with Crippen molar-refractivity contribution in [1.29, 1.82) is 0 Å². The standard InChI is InChI=1S/C24H25N5O3S/c1-25-23(31)20-14-28(18-9-5-6-10-19(18)32-20)21(30)15-33-24-27-26-22(17-11-12-17)29(24)13-16-7-3-2-4-8-16/h2-10,17,20H,11-15H2,1H3,(H,25,31)/t20-/m0/s1. The number of nitrogens with zero attached hydrogens (tertiary/aromatic N) is 4. The summed E-state index contributed by atoms with van der Waals surface area (Å²) in [6.07, 6.45) is 1.51. The minimum Gasteiger partial charge on any atom is -0.477 e. The highest BCUT2D eigenvalue weighted by atomic mass is 32.2. The highest BCUT2D eigenvalue weighted by Gasteiger charge is 2.34. The number of carbonyl (C=O) groups excluding carboxylic acids is 2. The van der Waals surface area contributed by atoms with E-state index in [1.165, 1.54) is 17.3 Å². The molecule has 1 fully saturated rings. The molecule has 2 aliphatic rings. The average molecular weight is 464 g/mol. The molecule has 0 bridgehead atoms. The van der Waals surface area contributed by atoms with Gasteiger partial charge in [-0.25, -0.2) is 0 Å². The zero-order chi connectivity index (χ0) is 22.8. The lowest BCUT2D eigenvalue weighted by Crippen LogP contribution is -2.50. The Kier molecular flexibility index (Phi) is 6.04. The smallest absolute Gasteiger partial charge is 0.262 e. The molecule has 0 saturated heterocycles. The van der Waals surface area contributed by atoms with Crippen molar-refractivity contribution in [3.63, 3.8) is 0 Å². The van der Waals surface area contributed by atoms with Gasteiger partial charge < -0.3 is 19.5 Å². The molecular formula is C24H25N5O3S. The van der Waals surface area contributed by atoms with Crippen LogP contribution >= 0.6 is 11.8 Å². The molecule has 1 aromatic heterocycles. The third-order valence-electron chi connectivity index (χ3n) is 5.81. The van der Waals surface area contributed by atoms with Crippen molar-refractivity contribution in [2.45, 2.75) is 36.6 Å². The normalized spacial score (nSPS) is 17.2. The van der Waals surface area contributed by atoms with Crippen molar-refractivity contribution in [2.24, 2.45) is 0 Å². The number of likely N-dealkylation sites (N-methyl/N-ethyl adjacent to an activating group) is 1. The van der Waals surface area contributed by atoms with Crippen molar-refractivity contribution < 1.29 is 14.3 Å². The fourth-order valence-electron chi connectivity index (χ4n) is 3.94. The van der Waals surface area contributed by atoms with Crippen molar-refractivity contribution in [3.8, 4) is 5.75 Å². The van der Waals surface area contributed by atoms with E-state index in [9.17, 15) is 9.59 Å². The van der Waals surface area contributed by atoms with E-state index in [1.54, 1.807) is 18.0 Å². The monoisotopic (exact) mass is 463 g/mol. The van der Waals surface area contributed by atoms with Crippen LogP contribution in [0.15, 0.2) is 59.8 Å². The Labute approximate surface area is 196 Å². The third-order valence-corrected chi connectivity index (χ3v) is 6.76. The summed E-state index contributed by atoms with van der Waals surface area (Å²) < 4.78 is 7.94. The van der Waals surface area contributed by atoms with Gasteiger partial charge in [0.25, 0.3) is 5.91 Å². The molecule has 33 heavy (non-hydrogen) atoms. The summed E-state index contributed by atoms with van der Waals surface area (Å²) in [4.78, 5) is 27.1. The molecule has 5 rings (SSSR count). The third kappa shape index (κ3) is 4.59. The molecule has 8 nitrogen and oxygen atoms in total. The van der Waals surface area contributed by atoms with Gasteiger partial charge in [0.15, 0.2) is 11.3 Å². The maximum Gasteiger partial charge on any atom is 0.262 e. The first kappa shape index (κ1) is 21.5. The SMILES string of the molecule is CNC(=O)[C@@H]1CN(C(=O)CSc2nnc(C3CC3)n2Cc2ccccc2)c2ccccc2O1. The topological polar surface area (TPSA) is 89.4 Å². The molecule has 2 heterocycles. The van der Waals surface area contributed by atoms with E-state index in [0.29, 0.717) is 23.9 Å². The average Bonchev–Trinajstić information content (AvgIpc) is 3.63. The van der Waals surface area contributed by atoms with E-state index < -0.39 is 6.10 Å². The van der Waals surface area contributed by atoms with Crippen LogP contribution in [-0.4, -0.2) is 52.0 Å². The Morgan fingerprint density at radius 3 is 2.61 bits per heavy atom. The molecule has 1 atom stereocenters. The van der Waals surface area contributed by atoms with Crippen molar-refractivity contribution in [1.82, 2.24) is 20.1 Å². The lowest BCUT2D eigenvalue weighted by atomic mass is 10.2. The molecule has 9 heteroatoms. The fraction of sp³-hybridized carbons (Fsp3) is 0.333. The number of ether oxygens (including phenoxy) is 1. The van der Waals surface area contributed by atoms with Crippen LogP contribution in [0.5, 0.6) is 5.75 Å². The molecular weight excluding hydrogens is 438 g/mol. The van der Waals surface area contributed by atoms with Crippen LogP contribution in [-0.2, 0) is 16.1 Å². The summed E-state index contributed by atoms with van der Waals surface area (Å²) in [5, 5.41) is 12.2. The molecule has 1 N–H and O–H groups in total. The van der Waals surface area contributed by atoms with Gasteiger partial charge in [0.2, 0.25) is 5.91 Å². The number of hydrogen-bond donors (Lipinski definition) is 1. The van der Waals surface area contributed by atoms with Gasteiger partial charge in [0.05, 0.1) is 24.5 Å². The van der Waals surface area contributed by atoms with E-state index in [0.717, 1.165) is 23.8 Å². The lowest BCUT2D eigenvalue weighted by molar-refractivity contribution is -0.127. The molecule has 1 aliphatic carbocycles. The number of benzene rings is 2.